The van der Waals surface area contributed by atoms with Gasteiger partial charge in [0.15, 0.2) is 0 Å². The van der Waals surface area contributed by atoms with Crippen LogP contribution in [0.5, 0.6) is 0 Å². The fraction of sp³-hybridized carbons (Fsp3) is 0.688. The lowest BCUT2D eigenvalue weighted by Crippen LogP contribution is -2.42. The third-order valence-electron chi connectivity index (χ3n) is 3.43. The monoisotopic (exact) mass is 313 g/mol. The molecule has 1 N–H and O–H groups in total. The molecular weight excluding hydrogens is 286 g/mol. The van der Waals surface area contributed by atoms with Gasteiger partial charge in [-0.25, -0.2) is 4.79 Å². The molecule has 5 heteroatoms. The van der Waals surface area contributed by atoms with E-state index in [0.29, 0.717) is 17.9 Å². The Bertz CT molecular complexity index is 451. The molecule has 1 rings (SSSR count). The Morgan fingerprint density at radius 3 is 2.57 bits per heavy atom. The molecule has 1 unspecified atom stereocenters. The number of thiophene rings is 1. The third-order valence-corrected chi connectivity index (χ3v) is 4.60. The normalized spacial score (nSPS) is 13.5. The first kappa shape index (κ1) is 18.1. The van der Waals surface area contributed by atoms with Crippen LogP contribution in [0.3, 0.4) is 0 Å². The lowest BCUT2D eigenvalue weighted by Gasteiger charge is -2.35. The second-order valence-electron chi connectivity index (χ2n) is 5.98. The molecule has 1 aromatic heterocycles. The minimum Gasteiger partial charge on any atom is -0.462 e. The van der Waals surface area contributed by atoms with Crippen molar-refractivity contribution in [1.82, 2.24) is 4.90 Å². The Morgan fingerprint density at radius 2 is 2.05 bits per heavy atom. The lowest BCUT2D eigenvalue weighted by atomic mass is 10.0. The molecule has 120 valence electrons. The highest BCUT2D eigenvalue weighted by Gasteiger charge is 2.21. The highest BCUT2D eigenvalue weighted by atomic mass is 32.1. The van der Waals surface area contributed by atoms with E-state index in [1.54, 1.807) is 13.0 Å². The maximum Gasteiger partial charge on any atom is 0.348 e. The molecule has 0 amide bonds. The summed E-state index contributed by atoms with van der Waals surface area (Å²) in [6.45, 7) is 12.6. The molecule has 0 aliphatic rings. The first-order chi connectivity index (χ1) is 9.79. The van der Waals surface area contributed by atoms with E-state index in [4.69, 9.17) is 4.74 Å². The summed E-state index contributed by atoms with van der Waals surface area (Å²) in [5, 5.41) is 10.3. The summed E-state index contributed by atoms with van der Waals surface area (Å²) in [6.07, 6.45) is 0.128. The van der Waals surface area contributed by atoms with Crippen molar-refractivity contribution in [2.24, 2.45) is 0 Å². The average Bonchev–Trinajstić information content (AvgIpc) is 2.87. The van der Waals surface area contributed by atoms with Crippen molar-refractivity contribution in [1.29, 1.82) is 0 Å². The van der Waals surface area contributed by atoms with E-state index in [1.165, 1.54) is 11.3 Å². The number of nitrogens with zero attached hydrogens (tertiary/aromatic N) is 1. The van der Waals surface area contributed by atoms with Gasteiger partial charge in [0.1, 0.15) is 4.88 Å². The number of hydrogen-bond donors (Lipinski definition) is 1. The summed E-state index contributed by atoms with van der Waals surface area (Å²) < 4.78 is 4.96. The van der Waals surface area contributed by atoms with E-state index in [1.807, 2.05) is 6.07 Å². The van der Waals surface area contributed by atoms with E-state index < -0.39 is 6.10 Å². The predicted octanol–water partition coefficient (Wildman–Crippen LogP) is 3.47. The van der Waals surface area contributed by atoms with E-state index in [2.05, 4.69) is 32.6 Å². The van der Waals surface area contributed by atoms with Gasteiger partial charge in [-0.15, -0.1) is 11.3 Å². The molecule has 4 nitrogen and oxygen atoms in total. The molecule has 1 atom stereocenters. The number of hydrogen-bond acceptors (Lipinski definition) is 5. The maximum atomic E-state index is 11.6. The molecule has 21 heavy (non-hydrogen) atoms. The molecule has 0 aliphatic heterocycles. The highest BCUT2D eigenvalue weighted by Crippen LogP contribution is 2.27. The minimum absolute atomic E-state index is 0.0972. The standard InChI is InChI=1S/C16H27NO3S/c1-6-17(16(3,4)5)11-10-12(18)13-8-9-14(21-13)15(19)20-7-2/h8-9,12,18H,6-7,10-11H2,1-5H3. The van der Waals surface area contributed by atoms with Crippen LogP contribution in [-0.4, -0.2) is 41.2 Å². The maximum absolute atomic E-state index is 11.6. The number of aliphatic hydroxyl groups is 1. The molecule has 0 aliphatic carbocycles. The second kappa shape index (κ2) is 7.92. The summed E-state index contributed by atoms with van der Waals surface area (Å²) in [7, 11) is 0. The van der Waals surface area contributed by atoms with Gasteiger partial charge in [0.25, 0.3) is 0 Å². The lowest BCUT2D eigenvalue weighted by molar-refractivity contribution is 0.0532. The smallest absolute Gasteiger partial charge is 0.348 e. The zero-order chi connectivity index (χ0) is 16.0. The molecule has 0 radical (unpaired) electrons. The fourth-order valence-corrected chi connectivity index (χ4v) is 3.15. The van der Waals surface area contributed by atoms with E-state index in [9.17, 15) is 9.90 Å². The summed E-state index contributed by atoms with van der Waals surface area (Å²) in [5.74, 6) is -0.314. The molecule has 0 fully saturated rings. The van der Waals surface area contributed by atoms with Gasteiger partial charge in [-0.2, -0.15) is 0 Å². The van der Waals surface area contributed by atoms with Crippen molar-refractivity contribution in [2.75, 3.05) is 19.7 Å². The van der Waals surface area contributed by atoms with Crippen LogP contribution in [-0.2, 0) is 4.74 Å². The highest BCUT2D eigenvalue weighted by molar-refractivity contribution is 7.14. The van der Waals surface area contributed by atoms with Crippen molar-refractivity contribution < 1.29 is 14.6 Å². The first-order valence-corrected chi connectivity index (χ1v) is 8.31. The van der Waals surface area contributed by atoms with Gasteiger partial charge >= 0.3 is 5.97 Å². The van der Waals surface area contributed by atoms with Crippen molar-refractivity contribution in [2.45, 2.75) is 52.7 Å². The van der Waals surface area contributed by atoms with Gasteiger partial charge in [-0.1, -0.05) is 6.92 Å². The Balaban J connectivity index is 2.60. The predicted molar refractivity (Wildman–Crippen MR) is 86.9 cm³/mol. The van der Waals surface area contributed by atoms with Gasteiger partial charge in [0.05, 0.1) is 12.7 Å². The Hall–Kier alpha value is -0.910. The minimum atomic E-state index is -0.533. The summed E-state index contributed by atoms with van der Waals surface area (Å²) in [4.78, 5) is 15.3. The number of carbonyl (C=O) groups excluding carboxylic acids is 1. The van der Waals surface area contributed by atoms with Gasteiger partial charge in [-0.05, 0) is 52.8 Å². The first-order valence-electron chi connectivity index (χ1n) is 7.49. The third kappa shape index (κ3) is 5.41. The molecular formula is C16H27NO3S. The van der Waals surface area contributed by atoms with Gasteiger partial charge in [0.2, 0.25) is 0 Å². The molecule has 0 saturated carbocycles. The van der Waals surface area contributed by atoms with Crippen LogP contribution in [0.1, 0.15) is 61.7 Å². The van der Waals surface area contributed by atoms with Crippen molar-refractivity contribution in [3.8, 4) is 0 Å². The van der Waals surface area contributed by atoms with Gasteiger partial charge in [0, 0.05) is 17.0 Å². The summed E-state index contributed by atoms with van der Waals surface area (Å²) >= 11 is 1.31. The van der Waals surface area contributed by atoms with Crippen LogP contribution in [0.4, 0.5) is 0 Å². The van der Waals surface area contributed by atoms with Crippen LogP contribution >= 0.6 is 11.3 Å². The van der Waals surface area contributed by atoms with Gasteiger partial charge in [-0.3, -0.25) is 4.90 Å². The topological polar surface area (TPSA) is 49.8 Å². The molecule has 0 bridgehead atoms. The average molecular weight is 313 g/mol. The summed E-state index contributed by atoms with van der Waals surface area (Å²) in [6, 6.07) is 3.54. The van der Waals surface area contributed by atoms with Gasteiger partial charge < -0.3 is 9.84 Å². The number of ether oxygens (including phenoxy) is 1. The Kier molecular flexibility index (Phi) is 6.84. The molecule has 1 aromatic rings. The van der Waals surface area contributed by atoms with Crippen molar-refractivity contribution in [3.05, 3.63) is 21.9 Å². The number of carbonyl (C=O) groups is 1. The van der Waals surface area contributed by atoms with Crippen LogP contribution < -0.4 is 0 Å². The SMILES string of the molecule is CCOC(=O)c1ccc(C(O)CCN(CC)C(C)(C)C)s1. The van der Waals surface area contributed by atoms with Crippen LogP contribution in [0.2, 0.25) is 0 Å². The molecule has 0 saturated heterocycles. The quantitative estimate of drug-likeness (QED) is 0.783. The number of rotatable bonds is 7. The summed E-state index contributed by atoms with van der Waals surface area (Å²) in [5.41, 5.74) is 0.0972. The van der Waals surface area contributed by atoms with Crippen molar-refractivity contribution >= 4 is 17.3 Å². The molecule has 1 heterocycles. The van der Waals surface area contributed by atoms with Crippen molar-refractivity contribution in [3.63, 3.8) is 0 Å². The Morgan fingerprint density at radius 1 is 1.38 bits per heavy atom. The Labute approximate surface area is 131 Å². The largest absolute Gasteiger partial charge is 0.462 e. The number of esters is 1. The number of aliphatic hydroxyl groups excluding tert-OH is 1. The second-order valence-corrected chi connectivity index (χ2v) is 7.09. The van der Waals surface area contributed by atoms with E-state index in [-0.39, 0.29) is 11.5 Å². The van der Waals surface area contributed by atoms with Crippen LogP contribution in [0.15, 0.2) is 12.1 Å². The zero-order valence-electron chi connectivity index (χ0n) is 13.7. The van der Waals surface area contributed by atoms with E-state index >= 15 is 0 Å². The zero-order valence-corrected chi connectivity index (χ0v) is 14.5. The van der Waals surface area contributed by atoms with Crippen LogP contribution in [0, 0.1) is 0 Å². The van der Waals surface area contributed by atoms with E-state index in [0.717, 1.165) is 18.0 Å². The molecule has 0 spiro atoms. The van der Waals surface area contributed by atoms with Crippen LogP contribution in [0.25, 0.3) is 0 Å². The molecule has 0 aromatic carbocycles. The fourth-order valence-electron chi connectivity index (χ4n) is 2.23.